The van der Waals surface area contributed by atoms with Crippen LogP contribution in [0.3, 0.4) is 0 Å². The average molecular weight is 393 g/mol. The summed E-state index contributed by atoms with van der Waals surface area (Å²) >= 11 is 0. The van der Waals surface area contributed by atoms with Gasteiger partial charge in [-0.3, -0.25) is 4.79 Å². The minimum Gasteiger partial charge on any atom is -0.443 e. The molecule has 3 heterocycles. The Labute approximate surface area is 171 Å². The quantitative estimate of drug-likeness (QED) is 0.704. The Kier molecular flexibility index (Phi) is 5.03. The van der Waals surface area contributed by atoms with Crippen LogP contribution >= 0.6 is 0 Å². The van der Waals surface area contributed by atoms with Crippen molar-refractivity contribution in [1.82, 2.24) is 9.97 Å². The fourth-order valence-electron chi connectivity index (χ4n) is 4.13. The van der Waals surface area contributed by atoms with Gasteiger partial charge in [-0.15, -0.1) is 0 Å². The van der Waals surface area contributed by atoms with Gasteiger partial charge >= 0.3 is 0 Å². The zero-order valence-electron chi connectivity index (χ0n) is 17.8. The first-order valence-electron chi connectivity index (χ1n) is 10.2. The van der Waals surface area contributed by atoms with Gasteiger partial charge in [-0.25, -0.2) is 4.98 Å². The van der Waals surface area contributed by atoms with Crippen LogP contribution in [0.5, 0.6) is 0 Å². The first kappa shape index (κ1) is 19.4. The van der Waals surface area contributed by atoms with Crippen molar-refractivity contribution in [3.63, 3.8) is 0 Å². The van der Waals surface area contributed by atoms with Gasteiger partial charge in [-0.2, -0.15) is 4.98 Å². The van der Waals surface area contributed by atoms with Gasteiger partial charge in [0, 0.05) is 24.3 Å². The lowest BCUT2D eigenvalue weighted by Gasteiger charge is -2.33. The highest BCUT2D eigenvalue weighted by molar-refractivity contribution is 5.94. The van der Waals surface area contributed by atoms with Gasteiger partial charge < -0.3 is 14.6 Å². The highest BCUT2D eigenvalue weighted by atomic mass is 16.3. The number of nitrogens with one attached hydrogen (secondary N) is 1. The molecule has 4 rings (SSSR count). The monoisotopic (exact) mass is 392 g/mol. The molecule has 0 radical (unpaired) electrons. The highest BCUT2D eigenvalue weighted by Gasteiger charge is 2.29. The second kappa shape index (κ2) is 7.50. The number of anilines is 2. The Hall–Kier alpha value is -2.89. The van der Waals surface area contributed by atoms with Gasteiger partial charge in [-0.05, 0) is 59.1 Å². The molecule has 1 aromatic carbocycles. The van der Waals surface area contributed by atoms with E-state index in [-0.39, 0.29) is 11.8 Å². The molecule has 6 nitrogen and oxygen atoms in total. The smallest absolute Gasteiger partial charge is 0.231 e. The number of amides is 1. The Bertz CT molecular complexity index is 1090. The van der Waals surface area contributed by atoms with E-state index in [2.05, 4.69) is 28.2 Å². The Morgan fingerprint density at radius 2 is 1.97 bits per heavy atom. The molecule has 2 aromatic heterocycles. The predicted molar refractivity (Wildman–Crippen MR) is 115 cm³/mol. The highest BCUT2D eigenvalue weighted by Crippen LogP contribution is 2.33. The molecule has 152 valence electrons. The largest absolute Gasteiger partial charge is 0.443 e. The maximum atomic E-state index is 13.0. The number of fused-ring (bicyclic) bond motifs is 1. The van der Waals surface area contributed by atoms with Gasteiger partial charge in [-0.1, -0.05) is 17.7 Å². The van der Waals surface area contributed by atoms with E-state index >= 15 is 0 Å². The van der Waals surface area contributed by atoms with E-state index in [1.54, 1.807) is 0 Å². The average Bonchev–Trinajstić information content (AvgIpc) is 2.97. The lowest BCUT2D eigenvalue weighted by atomic mass is 9.96. The number of nitrogens with zero attached hydrogens (tertiary/aromatic N) is 3. The number of rotatable bonds is 3. The Morgan fingerprint density at radius 3 is 2.72 bits per heavy atom. The fraction of sp³-hybridized carbons (Fsp3) is 0.435. The van der Waals surface area contributed by atoms with Crippen LogP contribution in [0.25, 0.3) is 11.1 Å². The number of carbonyl (C=O) groups excluding carboxylic acids is 1. The van der Waals surface area contributed by atoms with Gasteiger partial charge in [0.1, 0.15) is 17.4 Å². The maximum Gasteiger partial charge on any atom is 0.231 e. The number of benzene rings is 1. The second-order valence-corrected chi connectivity index (χ2v) is 8.15. The van der Waals surface area contributed by atoms with Crippen molar-refractivity contribution in [2.24, 2.45) is 5.92 Å². The minimum absolute atomic E-state index is 0.0729. The van der Waals surface area contributed by atoms with Gasteiger partial charge in [0.2, 0.25) is 11.6 Å². The lowest BCUT2D eigenvalue weighted by Crippen LogP contribution is -2.41. The van der Waals surface area contributed by atoms with Crippen LogP contribution in [0.2, 0.25) is 0 Å². The van der Waals surface area contributed by atoms with Gasteiger partial charge in [0.05, 0.1) is 11.3 Å². The fourth-order valence-corrected chi connectivity index (χ4v) is 4.13. The summed E-state index contributed by atoms with van der Waals surface area (Å²) in [7, 11) is 0. The van der Waals surface area contributed by atoms with E-state index in [1.165, 1.54) is 5.56 Å². The van der Waals surface area contributed by atoms with Crippen molar-refractivity contribution in [3.05, 3.63) is 46.5 Å². The summed E-state index contributed by atoms with van der Waals surface area (Å²) in [5.41, 5.74) is 4.86. The van der Waals surface area contributed by atoms with Crippen LogP contribution < -0.4 is 10.2 Å². The van der Waals surface area contributed by atoms with E-state index < -0.39 is 0 Å². The maximum absolute atomic E-state index is 13.0. The van der Waals surface area contributed by atoms with E-state index in [0.717, 1.165) is 53.2 Å². The zero-order valence-corrected chi connectivity index (χ0v) is 17.8. The molecule has 1 N–H and O–H groups in total. The molecular formula is C23H28N4O2. The first-order chi connectivity index (χ1) is 13.8. The molecule has 0 unspecified atom stereocenters. The topological polar surface area (TPSA) is 71.3 Å². The van der Waals surface area contributed by atoms with Crippen LogP contribution in [0.4, 0.5) is 11.5 Å². The standard InChI is InChI=1S/C23H28N4O2/c1-13-8-9-19(14(2)11-13)26-22(28)18-7-6-10-27(12-18)21-20-15(3)16(4)29-23(20)25-17(5)24-21/h8-9,11,18H,6-7,10,12H2,1-5H3,(H,26,28)/t18-/m0/s1. The van der Waals surface area contributed by atoms with Gasteiger partial charge in [0.25, 0.3) is 0 Å². The van der Waals surface area contributed by atoms with Crippen molar-refractivity contribution in [1.29, 1.82) is 0 Å². The third-order valence-electron chi connectivity index (χ3n) is 5.85. The molecule has 0 bridgehead atoms. The van der Waals surface area contributed by atoms with Gasteiger partial charge in [0.15, 0.2) is 0 Å². The van der Waals surface area contributed by atoms with Crippen molar-refractivity contribution < 1.29 is 9.21 Å². The molecule has 1 aliphatic rings. The predicted octanol–water partition coefficient (Wildman–Crippen LogP) is 4.62. The van der Waals surface area contributed by atoms with E-state index in [1.807, 2.05) is 39.8 Å². The van der Waals surface area contributed by atoms with E-state index in [4.69, 9.17) is 9.40 Å². The molecule has 1 atom stereocenters. The molecule has 1 fully saturated rings. The molecular weight excluding hydrogens is 364 g/mol. The number of aryl methyl sites for hydroxylation is 5. The normalized spacial score (nSPS) is 17.0. The van der Waals surface area contributed by atoms with Crippen LogP contribution in [-0.4, -0.2) is 29.0 Å². The van der Waals surface area contributed by atoms with Crippen molar-refractivity contribution in [3.8, 4) is 0 Å². The number of hydrogen-bond acceptors (Lipinski definition) is 5. The van der Waals surface area contributed by atoms with Crippen molar-refractivity contribution in [2.75, 3.05) is 23.3 Å². The second-order valence-electron chi connectivity index (χ2n) is 8.15. The Morgan fingerprint density at radius 1 is 1.17 bits per heavy atom. The summed E-state index contributed by atoms with van der Waals surface area (Å²) < 4.78 is 5.83. The van der Waals surface area contributed by atoms with E-state index in [0.29, 0.717) is 18.1 Å². The molecule has 1 saturated heterocycles. The van der Waals surface area contributed by atoms with Crippen LogP contribution in [0.15, 0.2) is 22.6 Å². The summed E-state index contributed by atoms with van der Waals surface area (Å²) in [5, 5.41) is 4.09. The number of carbonyl (C=O) groups is 1. The number of hydrogen-bond donors (Lipinski definition) is 1. The molecule has 0 spiro atoms. The third-order valence-corrected chi connectivity index (χ3v) is 5.85. The molecule has 1 aliphatic heterocycles. The van der Waals surface area contributed by atoms with Crippen LogP contribution in [0, 0.1) is 40.5 Å². The summed E-state index contributed by atoms with van der Waals surface area (Å²) in [6.45, 7) is 11.5. The Balaban J connectivity index is 1.59. The third kappa shape index (κ3) is 3.71. The molecule has 3 aromatic rings. The summed E-state index contributed by atoms with van der Waals surface area (Å²) in [5.74, 6) is 2.42. The molecule has 1 amide bonds. The summed E-state index contributed by atoms with van der Waals surface area (Å²) in [6.07, 6.45) is 1.83. The van der Waals surface area contributed by atoms with Crippen molar-refractivity contribution >= 4 is 28.5 Å². The number of aromatic nitrogens is 2. The minimum atomic E-state index is -0.0805. The van der Waals surface area contributed by atoms with E-state index in [9.17, 15) is 4.79 Å². The number of piperidine rings is 1. The SMILES string of the molecule is Cc1ccc(NC(=O)[C@H]2CCCN(c3nc(C)nc4oc(C)c(C)c34)C2)c(C)c1. The molecule has 0 saturated carbocycles. The first-order valence-corrected chi connectivity index (χ1v) is 10.2. The van der Waals surface area contributed by atoms with Crippen molar-refractivity contribution in [2.45, 2.75) is 47.5 Å². The summed E-state index contributed by atoms with van der Waals surface area (Å²) in [6, 6.07) is 6.10. The molecule has 29 heavy (non-hydrogen) atoms. The molecule has 6 heteroatoms. The van der Waals surface area contributed by atoms with Crippen LogP contribution in [-0.2, 0) is 4.79 Å². The zero-order chi connectivity index (χ0) is 20.7. The van der Waals surface area contributed by atoms with Crippen LogP contribution in [0.1, 0.15) is 41.1 Å². The molecule has 0 aliphatic carbocycles. The number of furan rings is 1. The lowest BCUT2D eigenvalue weighted by molar-refractivity contribution is -0.120. The summed E-state index contributed by atoms with van der Waals surface area (Å²) in [4.78, 5) is 24.4.